The van der Waals surface area contributed by atoms with Crippen molar-refractivity contribution < 1.29 is 114 Å². The Kier molecular flexibility index (Phi) is 26.0. The molecule has 29 nitrogen and oxygen atoms in total. The van der Waals surface area contributed by atoms with Crippen LogP contribution in [0.3, 0.4) is 0 Å². The molecule has 6 heterocycles. The van der Waals surface area contributed by atoms with Crippen molar-refractivity contribution in [2.75, 3.05) is 126 Å². The van der Waals surface area contributed by atoms with E-state index < -0.39 is 153 Å². The van der Waals surface area contributed by atoms with Crippen molar-refractivity contribution in [1.82, 2.24) is 26.6 Å². The van der Waals surface area contributed by atoms with E-state index in [1.165, 1.54) is 77.3 Å². The van der Waals surface area contributed by atoms with Gasteiger partial charge in [-0.3, -0.25) is 20.0 Å². The van der Waals surface area contributed by atoms with Gasteiger partial charge in [0.2, 0.25) is 5.91 Å². The Hall–Kier alpha value is -2.64. The number of ether oxygens (including phenoxy) is 22. The van der Waals surface area contributed by atoms with Crippen molar-refractivity contribution in [1.29, 1.82) is 0 Å². The monoisotopic (exact) mass is 1140 g/mol. The third kappa shape index (κ3) is 14.7. The predicted octanol–water partition coefficient (Wildman–Crippen LogP) is -2.05. The lowest BCUT2D eigenvalue weighted by Gasteiger charge is -2.51. The van der Waals surface area contributed by atoms with Gasteiger partial charge in [-0.05, 0) is 13.8 Å². The summed E-state index contributed by atoms with van der Waals surface area (Å²) in [5, 5.41) is 7.11. The summed E-state index contributed by atoms with van der Waals surface area (Å²) in [5.41, 5.74) is 5.95. The summed E-state index contributed by atoms with van der Waals surface area (Å²) < 4.78 is 134. The van der Waals surface area contributed by atoms with Crippen LogP contribution in [0.2, 0.25) is 0 Å². The summed E-state index contributed by atoms with van der Waals surface area (Å²) in [6.07, 6.45) is -16.1. The van der Waals surface area contributed by atoms with Gasteiger partial charge in [0, 0.05) is 112 Å². The highest BCUT2D eigenvalue weighted by Crippen LogP contribution is 2.38. The minimum Gasteiger partial charge on any atom is -0.382 e. The maximum absolute atomic E-state index is 13.7. The summed E-state index contributed by atoms with van der Waals surface area (Å²) in [5.74, 6) is -1.21. The number of carbonyl (C=O) groups is 2. The van der Waals surface area contributed by atoms with E-state index in [-0.39, 0.29) is 43.6 Å². The quantitative estimate of drug-likeness (QED) is 0.0656. The molecule has 0 aromatic heterocycles. The van der Waals surface area contributed by atoms with Crippen molar-refractivity contribution >= 4 is 11.8 Å². The Bertz CT molecular complexity index is 1870. The van der Waals surface area contributed by atoms with E-state index in [9.17, 15) is 9.59 Å². The third-order valence-electron chi connectivity index (χ3n) is 15.5. The fourth-order valence-corrected chi connectivity index (χ4v) is 11.4. The van der Waals surface area contributed by atoms with E-state index in [4.69, 9.17) is 104 Å². The van der Waals surface area contributed by atoms with Crippen LogP contribution in [-0.2, 0) is 114 Å². The van der Waals surface area contributed by atoms with Gasteiger partial charge in [-0.2, -0.15) is 0 Å². The Morgan fingerprint density at radius 1 is 0.468 bits per heavy atom. The van der Waals surface area contributed by atoms with Crippen molar-refractivity contribution in [2.24, 2.45) is 5.92 Å². The molecule has 2 amide bonds. The number of hydrogen-bond acceptors (Lipinski definition) is 27. The van der Waals surface area contributed by atoms with Gasteiger partial charge in [0.15, 0.2) is 31.4 Å². The van der Waals surface area contributed by atoms with Crippen molar-refractivity contribution in [2.45, 2.75) is 168 Å². The molecule has 0 aromatic rings. The number of nitrogens with one attached hydrogen (secondary N) is 4. The van der Waals surface area contributed by atoms with Gasteiger partial charge in [0.25, 0.3) is 5.91 Å². The van der Waals surface area contributed by atoms with Crippen LogP contribution in [0.4, 0.5) is 0 Å². The lowest BCUT2D eigenvalue weighted by Crippen LogP contribution is -2.68. The standard InChI is InChI=1S/C50H89N5O24/c1-23-24(2)72-48(41(67-13)32(23)61-7)77-35-29(22-60-6)76-50(44(70-16)39(35)65-11)79-33-27(20-58-4)74-46(40(66-12)37(33)63-9)52-30(56)18-51-45(57)26-19-55(54-53-26)31-25(3)73-49(42(68-14)36(31)62-8)78-34-28(21-59-5)75-47(71-17)43(69-15)38(34)64-10/h19,23-25,27-29,31-44,46-50,53-54H,18,20-22H2,1-17H3,(H,51,57)(H,52,56)/t23-,24?,25?,27?,28?,29?,31-,32-,33+,34+,35+,36-,37-,38-,39-,40?,41?,42?,43?,44?,46?,47-,48+,49+,50+/m1/s1. The minimum atomic E-state index is -1.11. The molecule has 0 saturated carbocycles. The molecule has 11 unspecified atom stereocenters. The maximum atomic E-state index is 13.7. The summed E-state index contributed by atoms with van der Waals surface area (Å²) in [7, 11) is 21.4. The van der Waals surface area contributed by atoms with Crippen LogP contribution in [0.15, 0.2) is 11.9 Å². The number of carbonyl (C=O) groups excluding carboxylic acids is 2. The average Bonchev–Trinajstić information content (AvgIpc) is 4.05. The summed E-state index contributed by atoms with van der Waals surface area (Å²) in [4.78, 5) is 27.4. The second-order valence-corrected chi connectivity index (χ2v) is 19.8. The molecule has 0 spiro atoms. The number of nitrogens with zero attached hydrogens (tertiary/aromatic N) is 1. The van der Waals surface area contributed by atoms with Crippen molar-refractivity contribution in [3.8, 4) is 0 Å². The molecular weight excluding hydrogens is 1050 g/mol. The molecule has 0 aromatic carbocycles. The largest absolute Gasteiger partial charge is 0.382 e. The SMILES string of the molecule is COCC1OC(NC(=O)CNC(=O)C2=CN([C@@H]3C(C)O[C@@H](O[C@H]4C(COC)O[C@@H](OC)C(OC)[C@@H]4OC)C(OC)[C@@H]3OC)NN2)C(OC)[C@H](OC)[C@H]1O[C@@H]1OC(COC)[C@H](O[C@@H]2OC(C)[C@@H](C)[C@@H](OC)C2OC)[C@@H](OC)C1OC. The molecule has 5 saturated heterocycles. The van der Waals surface area contributed by atoms with Crippen LogP contribution >= 0.6 is 0 Å². The van der Waals surface area contributed by atoms with E-state index in [2.05, 4.69) is 21.6 Å². The maximum Gasteiger partial charge on any atom is 0.270 e. The zero-order valence-corrected chi connectivity index (χ0v) is 48.6. The summed E-state index contributed by atoms with van der Waals surface area (Å²) >= 11 is 0. The number of amides is 2. The zero-order valence-electron chi connectivity index (χ0n) is 48.6. The third-order valence-corrected chi connectivity index (χ3v) is 15.5. The number of methoxy groups -OCH3 is 14. The smallest absolute Gasteiger partial charge is 0.270 e. The van der Waals surface area contributed by atoms with Crippen LogP contribution in [-0.4, -0.2) is 290 Å². The Morgan fingerprint density at radius 2 is 0.873 bits per heavy atom. The van der Waals surface area contributed by atoms with Crippen LogP contribution in [0.25, 0.3) is 0 Å². The van der Waals surface area contributed by atoms with E-state index >= 15 is 0 Å². The topological polar surface area (TPSA) is 289 Å². The Labute approximate surface area is 463 Å². The van der Waals surface area contributed by atoms with E-state index in [0.717, 1.165) is 0 Å². The number of hydrazine groups is 2. The van der Waals surface area contributed by atoms with E-state index in [1.54, 1.807) is 33.4 Å². The Morgan fingerprint density at radius 3 is 1.34 bits per heavy atom. The molecule has 29 heteroatoms. The highest BCUT2D eigenvalue weighted by atomic mass is 16.8. The molecule has 0 radical (unpaired) electrons. The van der Waals surface area contributed by atoms with Crippen molar-refractivity contribution in [3.05, 3.63) is 11.9 Å². The van der Waals surface area contributed by atoms with Gasteiger partial charge in [-0.15, -0.1) is 5.53 Å². The first-order chi connectivity index (χ1) is 38.1. The van der Waals surface area contributed by atoms with E-state index in [1.807, 2.05) is 20.8 Å². The molecule has 0 aliphatic carbocycles. The van der Waals surface area contributed by atoms with Crippen LogP contribution in [0.5, 0.6) is 0 Å². The van der Waals surface area contributed by atoms with Gasteiger partial charge in [-0.25, -0.2) is 0 Å². The van der Waals surface area contributed by atoms with Gasteiger partial charge in [0.1, 0.15) is 103 Å². The second kappa shape index (κ2) is 31.3. The summed E-state index contributed by atoms with van der Waals surface area (Å²) in [6, 6.07) is -0.584. The van der Waals surface area contributed by atoms with Gasteiger partial charge in [-0.1, -0.05) is 6.92 Å². The Balaban J connectivity index is 1.09. The lowest BCUT2D eigenvalue weighted by atomic mass is 9.91. The fraction of sp³-hybridized carbons (Fsp3) is 0.920. The fourth-order valence-electron chi connectivity index (χ4n) is 11.4. The average molecular weight is 1140 g/mol. The second-order valence-electron chi connectivity index (χ2n) is 19.8. The number of rotatable bonds is 28. The first-order valence-corrected chi connectivity index (χ1v) is 26.3. The molecule has 6 aliphatic rings. The first kappa shape index (κ1) is 65.5. The van der Waals surface area contributed by atoms with Gasteiger partial charge in [0.05, 0.1) is 44.7 Å². The predicted molar refractivity (Wildman–Crippen MR) is 270 cm³/mol. The minimum absolute atomic E-state index is 0.0104. The molecular formula is C50H89N5O24. The zero-order chi connectivity index (χ0) is 57.7. The van der Waals surface area contributed by atoms with Crippen LogP contribution in [0.1, 0.15) is 20.8 Å². The van der Waals surface area contributed by atoms with Crippen LogP contribution < -0.4 is 21.6 Å². The normalized spacial score (nSPS) is 41.9. The molecule has 6 aliphatic heterocycles. The van der Waals surface area contributed by atoms with Crippen LogP contribution in [0, 0.1) is 5.92 Å². The molecule has 458 valence electrons. The lowest BCUT2D eigenvalue weighted by molar-refractivity contribution is -0.376. The first-order valence-electron chi connectivity index (χ1n) is 26.3. The number of hydrogen-bond donors (Lipinski definition) is 4. The molecule has 6 rings (SSSR count). The molecule has 79 heavy (non-hydrogen) atoms. The highest BCUT2D eigenvalue weighted by molar-refractivity contribution is 5.95. The van der Waals surface area contributed by atoms with Gasteiger partial charge < -0.3 is 115 Å². The molecule has 0 bridgehead atoms. The highest BCUT2D eigenvalue weighted by Gasteiger charge is 2.57. The van der Waals surface area contributed by atoms with Crippen molar-refractivity contribution in [3.63, 3.8) is 0 Å². The molecule has 25 atom stereocenters. The van der Waals surface area contributed by atoms with Gasteiger partial charge >= 0.3 is 0 Å². The summed E-state index contributed by atoms with van der Waals surface area (Å²) in [6.45, 7) is 5.56. The molecule has 4 N–H and O–H groups in total. The molecule has 5 fully saturated rings. The van der Waals surface area contributed by atoms with E-state index in [0.29, 0.717) is 0 Å².